The molecule has 500 valence electrons. The number of nitrogens with zero attached hydrogens (tertiary/aromatic N) is 1. The van der Waals surface area contributed by atoms with Gasteiger partial charge in [0.1, 0.15) is 0 Å². The molecular formula is C103H83N. The highest BCUT2D eigenvalue weighted by Crippen LogP contribution is 2.60. The molecule has 0 saturated heterocycles. The Hall–Kier alpha value is -11.9. The van der Waals surface area contributed by atoms with Crippen molar-refractivity contribution in [3.63, 3.8) is 0 Å². The zero-order chi connectivity index (χ0) is 70.8. The predicted octanol–water partition coefficient (Wildman–Crippen LogP) is 27.0. The molecule has 0 unspecified atom stereocenters. The minimum Gasteiger partial charge on any atom is -0.309 e. The molecule has 0 N–H and O–H groups in total. The van der Waals surface area contributed by atoms with E-state index >= 15 is 0 Å². The monoisotopic (exact) mass is 1330 g/mol. The van der Waals surface area contributed by atoms with E-state index in [9.17, 15) is 0 Å². The highest BCUT2D eigenvalue weighted by atomic mass is 15.0. The molecule has 15 aromatic carbocycles. The fourth-order valence-corrected chi connectivity index (χ4v) is 19.0. The second-order valence-corrected chi connectivity index (χ2v) is 30.7. The second kappa shape index (κ2) is 24.7. The van der Waals surface area contributed by atoms with Gasteiger partial charge in [-0.15, -0.1) is 0 Å². The summed E-state index contributed by atoms with van der Waals surface area (Å²) in [4.78, 5) is 0. The lowest BCUT2D eigenvalue weighted by atomic mass is 9.67. The number of fused-ring (bicyclic) bond motifs is 15. The summed E-state index contributed by atoms with van der Waals surface area (Å²) in [5.41, 5.74) is 42.6. The van der Waals surface area contributed by atoms with Crippen LogP contribution in [0.25, 0.3) is 117 Å². The lowest BCUT2D eigenvalue weighted by Gasteiger charge is -2.34. The predicted molar refractivity (Wildman–Crippen MR) is 440 cm³/mol. The van der Waals surface area contributed by atoms with Crippen molar-refractivity contribution in [2.75, 3.05) is 0 Å². The number of benzene rings is 15. The van der Waals surface area contributed by atoms with Crippen LogP contribution in [0.2, 0.25) is 0 Å². The summed E-state index contributed by atoms with van der Waals surface area (Å²) in [5.74, 6) is 0. The van der Waals surface area contributed by atoms with Crippen LogP contribution >= 0.6 is 0 Å². The molecule has 1 heteroatoms. The van der Waals surface area contributed by atoms with Crippen LogP contribution in [-0.4, -0.2) is 4.57 Å². The van der Waals surface area contributed by atoms with Crippen molar-refractivity contribution in [2.24, 2.45) is 0 Å². The van der Waals surface area contributed by atoms with E-state index in [-0.39, 0.29) is 21.7 Å². The molecule has 0 radical (unpaired) electrons. The topological polar surface area (TPSA) is 4.93 Å². The Labute approximate surface area is 613 Å². The molecule has 1 nitrogen and oxygen atoms in total. The number of aryl methyl sites for hydroxylation is 3. The van der Waals surface area contributed by atoms with Gasteiger partial charge in [0.15, 0.2) is 0 Å². The Bertz CT molecular complexity index is 6040. The van der Waals surface area contributed by atoms with Gasteiger partial charge < -0.3 is 4.57 Å². The summed E-state index contributed by atoms with van der Waals surface area (Å²) in [7, 11) is 0. The van der Waals surface area contributed by atoms with E-state index in [1.165, 1.54) is 189 Å². The van der Waals surface area contributed by atoms with Gasteiger partial charge in [-0.05, 0) is 207 Å². The van der Waals surface area contributed by atoms with Gasteiger partial charge in [-0.25, -0.2) is 0 Å². The van der Waals surface area contributed by atoms with E-state index in [4.69, 9.17) is 0 Å². The maximum absolute atomic E-state index is 2.47. The molecule has 4 aliphatic carbocycles. The molecule has 0 amide bonds. The van der Waals surface area contributed by atoms with E-state index in [0.29, 0.717) is 0 Å². The van der Waals surface area contributed by atoms with Crippen LogP contribution in [0, 0.1) is 20.8 Å². The lowest BCUT2D eigenvalue weighted by molar-refractivity contribution is 0.658. The van der Waals surface area contributed by atoms with Gasteiger partial charge >= 0.3 is 0 Å². The maximum Gasteiger partial charge on any atom is 0.0713 e. The normalized spacial score (nSPS) is 14.3. The van der Waals surface area contributed by atoms with Crippen LogP contribution in [-0.2, 0) is 21.7 Å². The van der Waals surface area contributed by atoms with Crippen LogP contribution in [0.15, 0.2) is 340 Å². The number of hydrogen-bond acceptors (Lipinski definition) is 0. The van der Waals surface area contributed by atoms with E-state index in [1.807, 2.05) is 0 Å². The number of rotatable bonds is 7. The van der Waals surface area contributed by atoms with Crippen molar-refractivity contribution in [3.05, 3.63) is 412 Å². The van der Waals surface area contributed by atoms with Gasteiger partial charge in [0, 0.05) is 38.3 Å². The van der Waals surface area contributed by atoms with Crippen molar-refractivity contribution in [1.82, 2.24) is 4.57 Å². The maximum atomic E-state index is 2.47. The summed E-state index contributed by atoms with van der Waals surface area (Å²) >= 11 is 0. The minimum absolute atomic E-state index is 0.00337. The van der Waals surface area contributed by atoms with Crippen molar-refractivity contribution in [2.45, 2.75) is 84.0 Å². The zero-order valence-corrected chi connectivity index (χ0v) is 60.8. The van der Waals surface area contributed by atoms with Gasteiger partial charge in [-0.2, -0.15) is 0 Å². The van der Waals surface area contributed by atoms with Gasteiger partial charge in [-0.1, -0.05) is 351 Å². The SMILES string of the molecule is Cc1cccc2c1-c1ccc(-c3cccc4c3-c3ccccc3C4(c3ccccc3)c3ccccc3)cc1C2(C)C.Cc1cccc2c1-c1ccc(-c3cccc4c3C(C)(C)c3ccccc3-4)cc1C2(C)C.Cc1ccccc1-c1ccc(-c2ccccc2)c2c1c1ccccc1n2-c1ccccc1. The van der Waals surface area contributed by atoms with Crippen molar-refractivity contribution in [3.8, 4) is 94.7 Å². The number of hydrogen-bond donors (Lipinski definition) is 0. The Balaban J connectivity index is 0.000000113. The molecule has 0 bridgehead atoms. The Morgan fingerprint density at radius 1 is 0.240 bits per heavy atom. The fourth-order valence-electron chi connectivity index (χ4n) is 19.0. The number of para-hydroxylation sites is 2. The lowest BCUT2D eigenvalue weighted by Crippen LogP contribution is -2.28. The molecular weight excluding hydrogens is 1250 g/mol. The zero-order valence-electron chi connectivity index (χ0n) is 60.8. The first-order valence-electron chi connectivity index (χ1n) is 37.0. The second-order valence-electron chi connectivity index (χ2n) is 30.7. The third kappa shape index (κ3) is 9.73. The summed E-state index contributed by atoms with van der Waals surface area (Å²) in [6, 6.07) is 125. The van der Waals surface area contributed by atoms with E-state index in [0.717, 1.165) is 0 Å². The Morgan fingerprint density at radius 2 is 0.663 bits per heavy atom. The quantitative estimate of drug-likeness (QED) is 0.150. The Kier molecular flexibility index (Phi) is 15.2. The molecule has 4 aliphatic rings. The van der Waals surface area contributed by atoms with Gasteiger partial charge in [0.2, 0.25) is 0 Å². The smallest absolute Gasteiger partial charge is 0.0713 e. The molecule has 104 heavy (non-hydrogen) atoms. The Morgan fingerprint density at radius 3 is 1.29 bits per heavy atom. The van der Waals surface area contributed by atoms with Crippen molar-refractivity contribution in [1.29, 1.82) is 0 Å². The third-order valence-corrected chi connectivity index (χ3v) is 23.9. The van der Waals surface area contributed by atoms with Crippen molar-refractivity contribution < 1.29 is 0 Å². The summed E-state index contributed by atoms with van der Waals surface area (Å²) in [6.07, 6.45) is 0. The largest absolute Gasteiger partial charge is 0.309 e. The van der Waals surface area contributed by atoms with E-state index in [1.54, 1.807) is 0 Å². The molecule has 16 aromatic rings. The van der Waals surface area contributed by atoms with Gasteiger partial charge in [0.05, 0.1) is 16.4 Å². The van der Waals surface area contributed by atoms with Crippen molar-refractivity contribution >= 4 is 21.8 Å². The van der Waals surface area contributed by atoms with Crippen LogP contribution in [0.4, 0.5) is 0 Å². The van der Waals surface area contributed by atoms with Crippen LogP contribution < -0.4 is 0 Å². The molecule has 0 atom stereocenters. The third-order valence-electron chi connectivity index (χ3n) is 23.9. The van der Waals surface area contributed by atoms with Gasteiger partial charge in [0.25, 0.3) is 0 Å². The summed E-state index contributed by atoms with van der Waals surface area (Å²) < 4.78 is 2.43. The highest BCUT2D eigenvalue weighted by Gasteiger charge is 2.47. The van der Waals surface area contributed by atoms with Crippen LogP contribution in [0.5, 0.6) is 0 Å². The average Bonchev–Trinajstić information content (AvgIpc) is 1.54. The summed E-state index contributed by atoms with van der Waals surface area (Å²) in [6.45, 7) is 20.9. The fraction of sp³-hybridized carbons (Fsp3) is 0.126. The number of aromatic nitrogens is 1. The van der Waals surface area contributed by atoms with Crippen LogP contribution in [0.3, 0.4) is 0 Å². The van der Waals surface area contributed by atoms with Gasteiger partial charge in [-0.3, -0.25) is 0 Å². The minimum atomic E-state index is -0.381. The van der Waals surface area contributed by atoms with E-state index < -0.39 is 0 Å². The average molecular weight is 1330 g/mol. The standard InChI is InChI=1S/C41H32.C31H23N.C31H28/c1-27-14-12-22-35-38(27)33-25-24-28(26-37(33)40(35,2)3)31-20-13-23-36-39(31)32-19-10-11-21-34(32)41(36,29-15-6-4-7-16-29)30-17-8-5-9-18-30;1-22-12-8-9-17-25(22)27-21-20-26(23-13-4-2-5-14-23)31-30(27)28-18-10-11-19-29(28)32(31)24-15-6-3-7-16-24;1-19-10-8-15-26-28(19)24-17-16-20(18-27(24)30(26,2)3)21-12-9-13-23-22-11-6-7-14-25(22)31(4,5)29(21)23/h4-26H,1-3H3;2-21H,1H3;6-18H,1-5H3. The molecule has 0 aliphatic heterocycles. The molecule has 20 rings (SSSR count). The molecule has 0 fully saturated rings. The van der Waals surface area contributed by atoms with Crippen LogP contribution in [0.1, 0.15) is 114 Å². The van der Waals surface area contributed by atoms with E-state index in [2.05, 4.69) is 407 Å². The molecule has 0 saturated carbocycles. The first-order valence-corrected chi connectivity index (χ1v) is 37.0. The molecule has 1 heterocycles. The first-order chi connectivity index (χ1) is 50.7. The molecule has 1 aromatic heterocycles. The first kappa shape index (κ1) is 64.2. The summed E-state index contributed by atoms with van der Waals surface area (Å²) in [5, 5.41) is 2.59. The highest BCUT2D eigenvalue weighted by molar-refractivity contribution is 6.20. The molecule has 0 spiro atoms.